The molecule has 1 rings (SSSR count). The fourth-order valence-corrected chi connectivity index (χ4v) is 1.25. The van der Waals surface area contributed by atoms with E-state index in [2.05, 4.69) is 22.5 Å². The number of ketones is 1. The quantitative estimate of drug-likeness (QED) is 0.583. The molecule has 0 N–H and O–H groups in total. The molecule has 0 aliphatic carbocycles. The molecule has 13 heavy (non-hydrogen) atoms. The van der Waals surface area contributed by atoms with Crippen LogP contribution in [0.25, 0.3) is 0 Å². The van der Waals surface area contributed by atoms with E-state index >= 15 is 0 Å². The van der Waals surface area contributed by atoms with Gasteiger partial charge in [0.15, 0.2) is 5.78 Å². The lowest BCUT2D eigenvalue weighted by Gasteiger charge is -2.04. The second-order valence-electron chi connectivity index (χ2n) is 2.90. The molecule has 1 aromatic carbocycles. The van der Waals surface area contributed by atoms with E-state index in [1.54, 1.807) is 6.08 Å². The first kappa shape index (κ1) is 10.2. The van der Waals surface area contributed by atoms with Crippen LogP contribution in [0.4, 0.5) is 0 Å². The molecule has 0 fully saturated rings. The Bertz CT molecular complexity index is 313. The molecule has 1 nitrogen and oxygen atoms in total. The highest BCUT2D eigenvalue weighted by atomic mass is 79.9. The number of allylic oxidation sites excluding steroid dienone is 1. The van der Waals surface area contributed by atoms with Crippen molar-refractivity contribution in [2.24, 2.45) is 5.92 Å². The molecule has 0 aromatic heterocycles. The van der Waals surface area contributed by atoms with Crippen LogP contribution in [0, 0.1) is 5.92 Å². The Kier molecular flexibility index (Phi) is 3.43. The van der Waals surface area contributed by atoms with Crippen LogP contribution in [0.15, 0.2) is 41.4 Å². The molecular weight excluding hydrogens is 228 g/mol. The molecule has 0 saturated heterocycles. The molecule has 68 valence electrons. The molecule has 0 spiro atoms. The smallest absolute Gasteiger partial charge is 0.169 e. The van der Waals surface area contributed by atoms with Gasteiger partial charge in [-0.2, -0.15) is 0 Å². The molecule has 0 amide bonds. The predicted molar refractivity (Wildman–Crippen MR) is 57.8 cm³/mol. The summed E-state index contributed by atoms with van der Waals surface area (Å²) in [5.41, 5.74) is 0.732. The van der Waals surface area contributed by atoms with Gasteiger partial charge in [-0.05, 0) is 12.1 Å². The maximum absolute atomic E-state index is 11.6. The minimum Gasteiger partial charge on any atom is -0.294 e. The summed E-state index contributed by atoms with van der Waals surface area (Å²) in [7, 11) is 0. The summed E-state index contributed by atoms with van der Waals surface area (Å²) in [6, 6.07) is 7.35. The minimum absolute atomic E-state index is 0.110. The summed E-state index contributed by atoms with van der Waals surface area (Å²) in [6.45, 7) is 5.44. The third-order valence-corrected chi connectivity index (χ3v) is 2.42. The molecule has 0 bridgehead atoms. The van der Waals surface area contributed by atoms with Crippen molar-refractivity contribution in [2.75, 3.05) is 0 Å². The van der Waals surface area contributed by atoms with Crippen molar-refractivity contribution in [3.8, 4) is 0 Å². The topological polar surface area (TPSA) is 17.1 Å². The van der Waals surface area contributed by atoms with E-state index in [9.17, 15) is 4.79 Å². The number of hydrogen-bond acceptors (Lipinski definition) is 1. The first-order valence-corrected chi connectivity index (χ1v) is 4.87. The highest BCUT2D eigenvalue weighted by Crippen LogP contribution is 2.14. The van der Waals surface area contributed by atoms with E-state index in [-0.39, 0.29) is 11.7 Å². The van der Waals surface area contributed by atoms with E-state index in [0.717, 1.165) is 10.0 Å². The van der Waals surface area contributed by atoms with Crippen molar-refractivity contribution in [3.63, 3.8) is 0 Å². The summed E-state index contributed by atoms with van der Waals surface area (Å²) < 4.78 is 0.982. The Morgan fingerprint density at radius 1 is 1.46 bits per heavy atom. The standard InChI is InChI=1S/C11H11BrO/c1-3-8(2)11(13)9-4-6-10(12)7-5-9/h3-8H,1H2,2H3. The first-order chi connectivity index (χ1) is 6.15. The Labute approximate surface area is 86.6 Å². The number of carbonyl (C=O) groups excluding carboxylic acids is 1. The molecule has 0 aliphatic heterocycles. The number of halogens is 1. The van der Waals surface area contributed by atoms with Crippen LogP contribution in [0.3, 0.4) is 0 Å². The number of rotatable bonds is 3. The molecule has 2 heteroatoms. The molecular formula is C11H11BrO. The number of carbonyl (C=O) groups is 1. The average molecular weight is 239 g/mol. The second kappa shape index (κ2) is 4.38. The first-order valence-electron chi connectivity index (χ1n) is 4.07. The van der Waals surface area contributed by atoms with E-state index in [1.165, 1.54) is 0 Å². The van der Waals surface area contributed by atoms with Crippen molar-refractivity contribution in [1.29, 1.82) is 0 Å². The van der Waals surface area contributed by atoms with Crippen molar-refractivity contribution >= 4 is 21.7 Å². The van der Waals surface area contributed by atoms with Gasteiger partial charge in [0.05, 0.1) is 0 Å². The van der Waals surface area contributed by atoms with Crippen LogP contribution >= 0.6 is 15.9 Å². The molecule has 1 atom stereocenters. The lowest BCUT2D eigenvalue weighted by atomic mass is 10.00. The van der Waals surface area contributed by atoms with Gasteiger partial charge in [0.25, 0.3) is 0 Å². The normalized spacial score (nSPS) is 12.2. The van der Waals surface area contributed by atoms with Crippen LogP contribution in [0.5, 0.6) is 0 Å². The van der Waals surface area contributed by atoms with Crippen molar-refractivity contribution < 1.29 is 4.79 Å². The predicted octanol–water partition coefficient (Wildman–Crippen LogP) is 3.45. The van der Waals surface area contributed by atoms with Gasteiger partial charge in [0, 0.05) is 16.0 Å². The average Bonchev–Trinajstić information content (AvgIpc) is 2.17. The molecule has 0 aliphatic rings. The third-order valence-electron chi connectivity index (χ3n) is 1.90. The summed E-state index contributed by atoms with van der Waals surface area (Å²) in [4.78, 5) is 11.6. The number of hydrogen-bond donors (Lipinski definition) is 0. The lowest BCUT2D eigenvalue weighted by molar-refractivity contribution is 0.0953. The Hall–Kier alpha value is -0.890. The van der Waals surface area contributed by atoms with Crippen LogP contribution in [0.1, 0.15) is 17.3 Å². The Morgan fingerprint density at radius 3 is 2.46 bits per heavy atom. The highest BCUT2D eigenvalue weighted by molar-refractivity contribution is 9.10. The van der Waals surface area contributed by atoms with Crippen LogP contribution in [-0.2, 0) is 0 Å². The maximum Gasteiger partial charge on any atom is 0.169 e. The SMILES string of the molecule is C=CC(C)C(=O)c1ccc(Br)cc1. The van der Waals surface area contributed by atoms with Crippen molar-refractivity contribution in [2.45, 2.75) is 6.92 Å². The fraction of sp³-hybridized carbons (Fsp3) is 0.182. The van der Waals surface area contributed by atoms with E-state index in [4.69, 9.17) is 0 Å². The van der Waals surface area contributed by atoms with E-state index in [1.807, 2.05) is 31.2 Å². The van der Waals surface area contributed by atoms with Gasteiger partial charge >= 0.3 is 0 Å². The van der Waals surface area contributed by atoms with E-state index in [0.29, 0.717) is 0 Å². The zero-order valence-electron chi connectivity index (χ0n) is 7.46. The van der Waals surface area contributed by atoms with Gasteiger partial charge in [-0.25, -0.2) is 0 Å². The summed E-state index contributed by atoms with van der Waals surface area (Å²) in [6.07, 6.45) is 1.66. The molecule has 0 heterocycles. The third kappa shape index (κ3) is 2.52. The van der Waals surface area contributed by atoms with Gasteiger partial charge in [0.1, 0.15) is 0 Å². The summed E-state index contributed by atoms with van der Waals surface area (Å²) in [5, 5.41) is 0. The van der Waals surface area contributed by atoms with E-state index < -0.39 is 0 Å². The van der Waals surface area contributed by atoms with Crippen molar-refractivity contribution in [3.05, 3.63) is 47.0 Å². The molecule has 0 radical (unpaired) electrons. The molecule has 1 aromatic rings. The van der Waals surface area contributed by atoms with Crippen molar-refractivity contribution in [1.82, 2.24) is 0 Å². The number of Topliss-reactive ketones (excluding diaryl/α,β-unsaturated/α-hetero) is 1. The van der Waals surface area contributed by atoms with Gasteiger partial charge in [0.2, 0.25) is 0 Å². The number of benzene rings is 1. The van der Waals surface area contributed by atoms with Gasteiger partial charge in [-0.1, -0.05) is 41.1 Å². The van der Waals surface area contributed by atoms with Gasteiger partial charge in [-0.15, -0.1) is 6.58 Å². The van der Waals surface area contributed by atoms with Crippen LogP contribution < -0.4 is 0 Å². The maximum atomic E-state index is 11.6. The highest BCUT2D eigenvalue weighted by Gasteiger charge is 2.10. The zero-order valence-corrected chi connectivity index (χ0v) is 9.04. The van der Waals surface area contributed by atoms with Gasteiger partial charge in [-0.3, -0.25) is 4.79 Å². The monoisotopic (exact) mass is 238 g/mol. The van der Waals surface area contributed by atoms with Crippen LogP contribution in [0.2, 0.25) is 0 Å². The molecule has 1 unspecified atom stereocenters. The van der Waals surface area contributed by atoms with Crippen LogP contribution in [-0.4, -0.2) is 5.78 Å². The fourth-order valence-electron chi connectivity index (χ4n) is 0.984. The Balaban J connectivity index is 2.89. The lowest BCUT2D eigenvalue weighted by Crippen LogP contribution is -2.07. The summed E-state index contributed by atoms with van der Waals surface area (Å²) >= 11 is 3.32. The zero-order chi connectivity index (χ0) is 9.84. The summed E-state index contributed by atoms with van der Waals surface area (Å²) in [5.74, 6) is 0.00340. The minimum atomic E-state index is -0.110. The Morgan fingerprint density at radius 2 is 2.00 bits per heavy atom. The molecule has 0 saturated carbocycles. The largest absolute Gasteiger partial charge is 0.294 e. The van der Waals surface area contributed by atoms with Gasteiger partial charge < -0.3 is 0 Å². The second-order valence-corrected chi connectivity index (χ2v) is 3.81.